The second-order valence-electron chi connectivity index (χ2n) is 4.50. The van der Waals surface area contributed by atoms with Crippen molar-refractivity contribution in [3.8, 4) is 0 Å². The van der Waals surface area contributed by atoms with E-state index in [4.69, 9.17) is 0 Å². The maximum absolute atomic E-state index is 12.0. The van der Waals surface area contributed by atoms with E-state index in [-0.39, 0.29) is 16.3 Å². The van der Waals surface area contributed by atoms with Gasteiger partial charge in [-0.2, -0.15) is 4.98 Å². The quantitative estimate of drug-likeness (QED) is 0.823. The summed E-state index contributed by atoms with van der Waals surface area (Å²) in [6.45, 7) is 1.99. The van der Waals surface area contributed by atoms with Crippen LogP contribution in [0, 0.1) is 0 Å². The minimum atomic E-state index is -0.0429. The molecule has 1 saturated heterocycles. The van der Waals surface area contributed by atoms with Gasteiger partial charge in [-0.15, -0.1) is 5.10 Å². The molecular weight excluding hydrogens is 344 g/mol. The zero-order chi connectivity index (χ0) is 14.3. The second kappa shape index (κ2) is 5.17. The van der Waals surface area contributed by atoms with Gasteiger partial charge in [-0.1, -0.05) is 11.8 Å². The molecule has 3 heterocycles. The molecule has 0 saturated carbocycles. The maximum Gasteiger partial charge on any atom is 0.252 e. The number of carbonyl (C=O) groups is 2. The summed E-state index contributed by atoms with van der Waals surface area (Å²) in [5.74, 6) is 0.346. The third kappa shape index (κ3) is 2.57. The SMILES string of the molecule is CC(=O)SC1CC(=O)N(c2nc3ccc(Br)cn3n2)C1. The van der Waals surface area contributed by atoms with Crippen molar-refractivity contribution in [2.75, 3.05) is 11.4 Å². The van der Waals surface area contributed by atoms with Gasteiger partial charge in [0, 0.05) is 35.8 Å². The minimum absolute atomic E-state index is 0.0154. The summed E-state index contributed by atoms with van der Waals surface area (Å²) < 4.78 is 2.51. The van der Waals surface area contributed by atoms with E-state index in [1.54, 1.807) is 15.6 Å². The van der Waals surface area contributed by atoms with E-state index in [1.807, 2.05) is 12.1 Å². The third-order valence-corrected chi connectivity index (χ3v) is 4.40. The molecule has 1 atom stereocenters. The molecule has 104 valence electrons. The summed E-state index contributed by atoms with van der Waals surface area (Å²) in [5.41, 5.74) is 0.679. The highest BCUT2D eigenvalue weighted by molar-refractivity contribution is 9.10. The van der Waals surface area contributed by atoms with E-state index >= 15 is 0 Å². The van der Waals surface area contributed by atoms with Gasteiger partial charge in [-0.3, -0.25) is 14.5 Å². The molecule has 1 aliphatic heterocycles. The Bertz CT molecular complexity index is 702. The topological polar surface area (TPSA) is 67.6 Å². The van der Waals surface area contributed by atoms with Crippen LogP contribution in [0.15, 0.2) is 22.8 Å². The number of hydrogen-bond donors (Lipinski definition) is 0. The fourth-order valence-corrected chi connectivity index (χ4v) is 3.39. The van der Waals surface area contributed by atoms with Crippen LogP contribution in [0.2, 0.25) is 0 Å². The summed E-state index contributed by atoms with van der Waals surface area (Å²) in [5, 5.41) is 4.32. The number of nitrogens with zero attached hydrogens (tertiary/aromatic N) is 4. The van der Waals surface area contributed by atoms with Crippen LogP contribution >= 0.6 is 27.7 Å². The first-order chi connectivity index (χ1) is 9.52. The number of anilines is 1. The largest absolute Gasteiger partial charge is 0.288 e. The average Bonchev–Trinajstić information content (AvgIpc) is 2.91. The van der Waals surface area contributed by atoms with Crippen LogP contribution in [0.1, 0.15) is 13.3 Å². The van der Waals surface area contributed by atoms with Gasteiger partial charge in [0.25, 0.3) is 5.95 Å². The molecule has 8 heteroatoms. The second-order valence-corrected chi connectivity index (χ2v) is 6.89. The van der Waals surface area contributed by atoms with Crippen molar-refractivity contribution in [3.05, 3.63) is 22.8 Å². The first-order valence-electron chi connectivity index (χ1n) is 6.02. The molecule has 1 aliphatic rings. The van der Waals surface area contributed by atoms with Crippen LogP contribution in [-0.4, -0.2) is 37.4 Å². The van der Waals surface area contributed by atoms with Crippen molar-refractivity contribution >= 4 is 50.3 Å². The molecule has 1 unspecified atom stereocenters. The average molecular weight is 355 g/mol. The van der Waals surface area contributed by atoms with E-state index in [0.717, 1.165) is 4.47 Å². The van der Waals surface area contributed by atoms with Gasteiger partial charge in [-0.05, 0) is 28.1 Å². The molecule has 2 aromatic heterocycles. The Morgan fingerprint density at radius 1 is 1.50 bits per heavy atom. The van der Waals surface area contributed by atoms with Gasteiger partial charge < -0.3 is 0 Å². The maximum atomic E-state index is 12.0. The molecule has 6 nitrogen and oxygen atoms in total. The van der Waals surface area contributed by atoms with Crippen molar-refractivity contribution in [1.29, 1.82) is 0 Å². The smallest absolute Gasteiger partial charge is 0.252 e. The van der Waals surface area contributed by atoms with Crippen LogP contribution in [-0.2, 0) is 9.59 Å². The molecule has 2 aromatic rings. The normalized spacial score (nSPS) is 19.0. The molecule has 0 bridgehead atoms. The third-order valence-electron chi connectivity index (χ3n) is 2.95. The fourth-order valence-electron chi connectivity index (χ4n) is 2.14. The Kier molecular flexibility index (Phi) is 3.51. The molecule has 0 aromatic carbocycles. The Morgan fingerprint density at radius 3 is 3.05 bits per heavy atom. The lowest BCUT2D eigenvalue weighted by molar-refractivity contribution is -0.117. The number of fused-ring (bicyclic) bond motifs is 1. The Morgan fingerprint density at radius 2 is 2.30 bits per heavy atom. The van der Waals surface area contributed by atoms with E-state index in [0.29, 0.717) is 24.6 Å². The molecule has 1 amide bonds. The van der Waals surface area contributed by atoms with Crippen molar-refractivity contribution in [1.82, 2.24) is 14.6 Å². The molecular formula is C12H11BrN4O2S. The van der Waals surface area contributed by atoms with E-state index in [9.17, 15) is 9.59 Å². The van der Waals surface area contributed by atoms with Gasteiger partial charge in [0.2, 0.25) is 5.91 Å². The summed E-state index contributed by atoms with van der Waals surface area (Å²) in [6.07, 6.45) is 2.14. The number of pyridine rings is 1. The summed E-state index contributed by atoms with van der Waals surface area (Å²) in [7, 11) is 0. The van der Waals surface area contributed by atoms with E-state index in [2.05, 4.69) is 26.0 Å². The molecule has 0 aliphatic carbocycles. The number of carbonyl (C=O) groups excluding carboxylic acids is 2. The van der Waals surface area contributed by atoms with Crippen molar-refractivity contribution in [2.45, 2.75) is 18.6 Å². The van der Waals surface area contributed by atoms with Crippen LogP contribution in [0.25, 0.3) is 5.65 Å². The lowest BCUT2D eigenvalue weighted by atomic mass is 10.4. The molecule has 0 N–H and O–H groups in total. The van der Waals surface area contributed by atoms with Crippen molar-refractivity contribution in [2.24, 2.45) is 0 Å². The highest BCUT2D eigenvalue weighted by Gasteiger charge is 2.34. The predicted octanol–water partition coefficient (Wildman–Crippen LogP) is 1.88. The summed E-state index contributed by atoms with van der Waals surface area (Å²) >= 11 is 4.57. The lowest BCUT2D eigenvalue weighted by Gasteiger charge is -2.10. The van der Waals surface area contributed by atoms with Crippen molar-refractivity contribution in [3.63, 3.8) is 0 Å². The summed E-state index contributed by atoms with van der Waals surface area (Å²) in [4.78, 5) is 29.0. The number of hydrogen-bond acceptors (Lipinski definition) is 5. The number of halogens is 1. The predicted molar refractivity (Wildman–Crippen MR) is 79.7 cm³/mol. The number of amides is 1. The Labute approximate surface area is 127 Å². The minimum Gasteiger partial charge on any atom is -0.288 e. The van der Waals surface area contributed by atoms with Crippen LogP contribution < -0.4 is 4.90 Å². The van der Waals surface area contributed by atoms with E-state index in [1.165, 1.54) is 18.7 Å². The zero-order valence-corrected chi connectivity index (χ0v) is 13.0. The van der Waals surface area contributed by atoms with Gasteiger partial charge in [-0.25, -0.2) is 4.52 Å². The first-order valence-corrected chi connectivity index (χ1v) is 7.70. The lowest BCUT2D eigenvalue weighted by Crippen LogP contribution is -2.26. The first kappa shape index (κ1) is 13.6. The molecule has 3 rings (SSSR count). The van der Waals surface area contributed by atoms with Gasteiger partial charge >= 0.3 is 0 Å². The zero-order valence-electron chi connectivity index (χ0n) is 10.6. The van der Waals surface area contributed by atoms with Crippen molar-refractivity contribution < 1.29 is 9.59 Å². The highest BCUT2D eigenvalue weighted by atomic mass is 79.9. The summed E-state index contributed by atoms with van der Waals surface area (Å²) in [6, 6.07) is 3.69. The van der Waals surface area contributed by atoms with Crippen LogP contribution in [0.4, 0.5) is 5.95 Å². The molecule has 0 spiro atoms. The Balaban J connectivity index is 1.87. The van der Waals surface area contributed by atoms with Gasteiger partial charge in [0.1, 0.15) is 0 Å². The number of thioether (sulfide) groups is 1. The molecule has 20 heavy (non-hydrogen) atoms. The van der Waals surface area contributed by atoms with Gasteiger partial charge in [0.05, 0.1) is 0 Å². The Hall–Kier alpha value is -1.41. The number of aromatic nitrogens is 3. The monoisotopic (exact) mass is 354 g/mol. The molecule has 0 radical (unpaired) electrons. The fraction of sp³-hybridized carbons (Fsp3) is 0.333. The highest BCUT2D eigenvalue weighted by Crippen LogP contribution is 2.27. The van der Waals surface area contributed by atoms with Crippen LogP contribution in [0.5, 0.6) is 0 Å². The number of rotatable bonds is 2. The van der Waals surface area contributed by atoms with E-state index < -0.39 is 0 Å². The van der Waals surface area contributed by atoms with Gasteiger partial charge in [0.15, 0.2) is 10.8 Å². The standard InChI is InChI=1S/C12H11BrN4O2S/c1-7(18)20-9-4-11(19)16(6-9)12-14-10-3-2-8(13)5-17(10)15-12/h2-3,5,9H,4,6H2,1H3. The molecule has 1 fully saturated rings. The van der Waals surface area contributed by atoms with Crippen LogP contribution in [0.3, 0.4) is 0 Å².